The van der Waals surface area contributed by atoms with Crippen molar-refractivity contribution in [2.75, 3.05) is 26.2 Å². The zero-order valence-electron chi connectivity index (χ0n) is 21.3. The Balaban J connectivity index is 0.000000333. The standard InChI is InChI=1S/C22H28N2O2.2C2HF3O2/c1-2-5-19(6-3-1)8-12-24-13-9-22(10-14-24)15-21(18-26-22)25-17-20-7-4-11-23-16-20;2*3-2(4,5)1(6)7/h1-7,11,16,21H,8-10,12-15,17-18H2;2*(H,6,7). The Labute approximate surface area is 226 Å². The van der Waals surface area contributed by atoms with Gasteiger partial charge in [-0.3, -0.25) is 4.98 Å². The second-order valence-corrected chi connectivity index (χ2v) is 9.18. The van der Waals surface area contributed by atoms with E-state index in [1.54, 1.807) is 6.20 Å². The maximum absolute atomic E-state index is 10.6. The second-order valence-electron chi connectivity index (χ2n) is 9.18. The molecule has 8 nitrogen and oxygen atoms in total. The van der Waals surface area contributed by atoms with Crippen LogP contribution in [0.3, 0.4) is 0 Å². The molecule has 2 fully saturated rings. The molecule has 2 aliphatic rings. The van der Waals surface area contributed by atoms with Gasteiger partial charge in [-0.25, -0.2) is 9.59 Å². The zero-order chi connectivity index (χ0) is 29.8. The maximum Gasteiger partial charge on any atom is 0.490 e. The van der Waals surface area contributed by atoms with Crippen LogP contribution in [0.15, 0.2) is 54.9 Å². The van der Waals surface area contributed by atoms with Crippen LogP contribution in [0.1, 0.15) is 30.4 Å². The summed E-state index contributed by atoms with van der Waals surface area (Å²) in [5.41, 5.74) is 2.60. The van der Waals surface area contributed by atoms with E-state index in [0.29, 0.717) is 6.61 Å². The number of benzene rings is 1. The predicted molar refractivity (Wildman–Crippen MR) is 129 cm³/mol. The number of carboxylic acid groups (broad SMARTS) is 2. The molecule has 0 amide bonds. The van der Waals surface area contributed by atoms with Gasteiger partial charge in [0.05, 0.1) is 24.9 Å². The van der Waals surface area contributed by atoms with E-state index >= 15 is 0 Å². The molecule has 1 unspecified atom stereocenters. The lowest BCUT2D eigenvalue weighted by Gasteiger charge is -2.38. The molecule has 1 aromatic heterocycles. The quantitative estimate of drug-likeness (QED) is 0.473. The number of carboxylic acids is 2. The molecule has 4 rings (SSSR count). The van der Waals surface area contributed by atoms with Crippen molar-refractivity contribution in [1.29, 1.82) is 0 Å². The van der Waals surface area contributed by atoms with Gasteiger partial charge in [-0.15, -0.1) is 0 Å². The number of carbonyl (C=O) groups is 2. The van der Waals surface area contributed by atoms with Crippen molar-refractivity contribution in [2.45, 2.75) is 56.3 Å². The molecule has 3 heterocycles. The first-order valence-corrected chi connectivity index (χ1v) is 12.2. The number of piperidine rings is 1. The number of ether oxygens (including phenoxy) is 2. The predicted octanol–water partition coefficient (Wildman–Crippen LogP) is 4.73. The molecule has 0 aliphatic carbocycles. The molecule has 0 radical (unpaired) electrons. The molecule has 222 valence electrons. The van der Waals surface area contributed by atoms with Crippen LogP contribution in [0.25, 0.3) is 0 Å². The van der Waals surface area contributed by atoms with Crippen molar-refractivity contribution in [3.8, 4) is 0 Å². The monoisotopic (exact) mass is 580 g/mol. The minimum absolute atomic E-state index is 0.0445. The lowest BCUT2D eigenvalue weighted by atomic mass is 9.88. The molecule has 0 saturated carbocycles. The minimum Gasteiger partial charge on any atom is -0.475 e. The number of nitrogens with zero attached hydrogens (tertiary/aromatic N) is 2. The first-order chi connectivity index (χ1) is 18.7. The molecular formula is C26H30F6N2O6. The molecule has 0 bridgehead atoms. The van der Waals surface area contributed by atoms with Crippen LogP contribution in [0, 0.1) is 0 Å². The highest BCUT2D eigenvalue weighted by Crippen LogP contribution is 2.37. The van der Waals surface area contributed by atoms with Crippen molar-refractivity contribution in [2.24, 2.45) is 0 Å². The molecular weight excluding hydrogens is 550 g/mol. The molecule has 2 saturated heterocycles. The van der Waals surface area contributed by atoms with Gasteiger partial charge in [0.25, 0.3) is 0 Å². The topological polar surface area (TPSA) is 109 Å². The number of rotatable bonds is 6. The molecule has 2 aromatic rings. The Bertz CT molecular complexity index is 1020. The number of halogens is 6. The fourth-order valence-corrected chi connectivity index (χ4v) is 4.07. The zero-order valence-corrected chi connectivity index (χ0v) is 21.3. The maximum atomic E-state index is 10.6. The number of alkyl halides is 6. The number of hydrogen-bond donors (Lipinski definition) is 2. The Morgan fingerprint density at radius 3 is 2.00 bits per heavy atom. The molecule has 1 atom stereocenters. The Kier molecular flexibility index (Phi) is 12.3. The molecule has 40 heavy (non-hydrogen) atoms. The molecule has 2 aliphatic heterocycles. The third-order valence-corrected chi connectivity index (χ3v) is 6.20. The van der Waals surface area contributed by atoms with Crippen molar-refractivity contribution in [1.82, 2.24) is 9.88 Å². The summed E-state index contributed by atoms with van der Waals surface area (Å²) in [6.07, 6.45) is -1.89. The van der Waals surface area contributed by atoms with E-state index in [9.17, 15) is 26.3 Å². The summed E-state index contributed by atoms with van der Waals surface area (Å²) < 4.78 is 75.8. The average molecular weight is 581 g/mol. The molecule has 1 aromatic carbocycles. The number of likely N-dealkylation sites (tertiary alicyclic amines) is 1. The van der Waals surface area contributed by atoms with Crippen LogP contribution in [-0.4, -0.2) is 82.3 Å². The average Bonchev–Trinajstić information content (AvgIpc) is 3.30. The normalized spacial score (nSPS) is 18.7. The third kappa shape index (κ3) is 11.9. The van der Waals surface area contributed by atoms with Crippen LogP contribution in [0.2, 0.25) is 0 Å². The van der Waals surface area contributed by atoms with Gasteiger partial charge in [0.15, 0.2) is 0 Å². The minimum atomic E-state index is -5.08. The summed E-state index contributed by atoms with van der Waals surface area (Å²) in [6, 6.07) is 14.8. The van der Waals surface area contributed by atoms with E-state index in [4.69, 9.17) is 29.3 Å². The van der Waals surface area contributed by atoms with Crippen molar-refractivity contribution < 1.29 is 55.6 Å². The highest BCUT2D eigenvalue weighted by molar-refractivity contribution is 5.73. The van der Waals surface area contributed by atoms with Crippen LogP contribution in [0.5, 0.6) is 0 Å². The van der Waals surface area contributed by atoms with E-state index in [-0.39, 0.29) is 11.7 Å². The largest absolute Gasteiger partial charge is 0.490 e. The summed E-state index contributed by atoms with van der Waals surface area (Å²) in [6.45, 7) is 4.75. The Morgan fingerprint density at radius 2 is 1.50 bits per heavy atom. The fourth-order valence-electron chi connectivity index (χ4n) is 4.07. The SMILES string of the molecule is O=C(O)C(F)(F)F.O=C(O)C(F)(F)F.c1ccc(CCN2CCC3(CC2)CC(OCc2cccnc2)CO3)cc1. The van der Waals surface area contributed by atoms with Gasteiger partial charge < -0.3 is 24.6 Å². The molecule has 1 spiro atoms. The lowest BCUT2D eigenvalue weighted by Crippen LogP contribution is -2.44. The van der Waals surface area contributed by atoms with Crippen LogP contribution >= 0.6 is 0 Å². The van der Waals surface area contributed by atoms with Crippen molar-refractivity contribution in [3.63, 3.8) is 0 Å². The van der Waals surface area contributed by atoms with Gasteiger partial charge in [-0.2, -0.15) is 26.3 Å². The van der Waals surface area contributed by atoms with Gasteiger partial charge in [0.2, 0.25) is 0 Å². The van der Waals surface area contributed by atoms with Gasteiger partial charge in [-0.1, -0.05) is 36.4 Å². The van der Waals surface area contributed by atoms with Gasteiger partial charge >= 0.3 is 24.3 Å². The van der Waals surface area contributed by atoms with Crippen molar-refractivity contribution >= 4 is 11.9 Å². The molecule has 14 heteroatoms. The van der Waals surface area contributed by atoms with E-state index in [1.807, 2.05) is 12.3 Å². The first-order valence-electron chi connectivity index (χ1n) is 12.2. The highest BCUT2D eigenvalue weighted by Gasteiger charge is 2.43. The van der Waals surface area contributed by atoms with E-state index in [2.05, 4.69) is 46.3 Å². The van der Waals surface area contributed by atoms with Crippen LogP contribution in [0.4, 0.5) is 26.3 Å². The number of pyridine rings is 1. The Morgan fingerprint density at radius 1 is 0.950 bits per heavy atom. The summed E-state index contributed by atoms with van der Waals surface area (Å²) in [5, 5.41) is 14.2. The highest BCUT2D eigenvalue weighted by atomic mass is 19.4. The number of aliphatic carboxylic acids is 2. The smallest absolute Gasteiger partial charge is 0.475 e. The lowest BCUT2D eigenvalue weighted by molar-refractivity contribution is -0.193. The van der Waals surface area contributed by atoms with Crippen LogP contribution in [-0.2, 0) is 32.1 Å². The first kappa shape index (κ1) is 33.0. The van der Waals surface area contributed by atoms with E-state index in [0.717, 1.165) is 57.5 Å². The van der Waals surface area contributed by atoms with Gasteiger partial charge in [-0.05, 0) is 36.5 Å². The fraction of sp³-hybridized carbons (Fsp3) is 0.500. The Hall–Kier alpha value is -3.23. The summed E-state index contributed by atoms with van der Waals surface area (Å²) >= 11 is 0. The summed E-state index contributed by atoms with van der Waals surface area (Å²) in [4.78, 5) is 24.5. The number of aromatic nitrogens is 1. The summed E-state index contributed by atoms with van der Waals surface area (Å²) in [5.74, 6) is -5.51. The van der Waals surface area contributed by atoms with E-state index in [1.165, 1.54) is 5.56 Å². The molecule has 2 N–H and O–H groups in total. The van der Waals surface area contributed by atoms with Crippen LogP contribution < -0.4 is 0 Å². The van der Waals surface area contributed by atoms with Gasteiger partial charge in [0, 0.05) is 38.4 Å². The van der Waals surface area contributed by atoms with Gasteiger partial charge in [0.1, 0.15) is 0 Å². The van der Waals surface area contributed by atoms with E-state index < -0.39 is 24.3 Å². The summed E-state index contributed by atoms with van der Waals surface area (Å²) in [7, 11) is 0. The third-order valence-electron chi connectivity index (χ3n) is 6.20. The number of hydrogen-bond acceptors (Lipinski definition) is 6. The van der Waals surface area contributed by atoms with Crippen molar-refractivity contribution in [3.05, 3.63) is 66.0 Å². The second kappa shape index (κ2) is 15.0.